The normalized spacial score (nSPS) is 22.7. The van der Waals surface area contributed by atoms with Crippen molar-refractivity contribution in [2.75, 3.05) is 0 Å². The fourth-order valence-electron chi connectivity index (χ4n) is 3.17. The van der Waals surface area contributed by atoms with Crippen LogP contribution in [-0.4, -0.2) is 22.1 Å². The van der Waals surface area contributed by atoms with E-state index in [0.29, 0.717) is 11.8 Å². The first kappa shape index (κ1) is 15.7. The number of nitrogens with zero attached hydrogens (tertiary/aromatic N) is 2. The monoisotopic (exact) mass is 314 g/mol. The van der Waals surface area contributed by atoms with Crippen molar-refractivity contribution in [3.05, 3.63) is 36.2 Å². The van der Waals surface area contributed by atoms with E-state index < -0.39 is 0 Å². The van der Waals surface area contributed by atoms with Gasteiger partial charge in [0.2, 0.25) is 17.7 Å². The summed E-state index contributed by atoms with van der Waals surface area (Å²) in [4.78, 5) is 11.6. The summed E-state index contributed by atoms with van der Waals surface area (Å²) in [5.41, 5.74) is 6.42. The molecule has 3 atom stereocenters. The quantitative estimate of drug-likeness (QED) is 0.884. The first-order valence-electron chi connectivity index (χ1n) is 8.09. The number of hydrogen-bond donors (Lipinski definition) is 2. The standard InChI is InChI=1S/C17H22N4O2/c1-11(19-14-10-6-5-9-13(14)15(18)22)16-20-21-17(23-16)12-7-3-2-4-8-12/h2-4,7-8,11,13-14,19H,5-6,9-10H2,1H3,(H2,18,22)/t11-,13-,14+/m0/s1. The molecule has 1 aromatic heterocycles. The van der Waals surface area contributed by atoms with Crippen LogP contribution >= 0.6 is 0 Å². The highest BCUT2D eigenvalue weighted by Crippen LogP contribution is 2.27. The molecule has 1 amide bonds. The van der Waals surface area contributed by atoms with Crippen LogP contribution in [0.25, 0.3) is 11.5 Å². The van der Waals surface area contributed by atoms with Crippen LogP contribution in [0.1, 0.15) is 44.5 Å². The van der Waals surface area contributed by atoms with Gasteiger partial charge in [-0.2, -0.15) is 0 Å². The largest absolute Gasteiger partial charge is 0.419 e. The predicted octanol–water partition coefficient (Wildman–Crippen LogP) is 2.43. The molecule has 23 heavy (non-hydrogen) atoms. The molecule has 1 fully saturated rings. The number of amides is 1. The van der Waals surface area contributed by atoms with Gasteiger partial charge in [-0.3, -0.25) is 4.79 Å². The predicted molar refractivity (Wildman–Crippen MR) is 86.2 cm³/mol. The van der Waals surface area contributed by atoms with Crippen LogP contribution in [0.15, 0.2) is 34.7 Å². The zero-order valence-corrected chi connectivity index (χ0v) is 13.2. The van der Waals surface area contributed by atoms with Crippen LogP contribution in [0.3, 0.4) is 0 Å². The fourth-order valence-corrected chi connectivity index (χ4v) is 3.17. The minimum Gasteiger partial charge on any atom is -0.419 e. The van der Waals surface area contributed by atoms with Crippen molar-refractivity contribution in [2.24, 2.45) is 11.7 Å². The summed E-state index contributed by atoms with van der Waals surface area (Å²) in [6, 6.07) is 9.62. The van der Waals surface area contributed by atoms with Crippen LogP contribution in [0, 0.1) is 5.92 Å². The number of rotatable bonds is 5. The van der Waals surface area contributed by atoms with Gasteiger partial charge in [0.15, 0.2) is 0 Å². The Hall–Kier alpha value is -2.21. The van der Waals surface area contributed by atoms with E-state index in [0.717, 1.165) is 31.2 Å². The molecule has 122 valence electrons. The van der Waals surface area contributed by atoms with Gasteiger partial charge in [-0.05, 0) is 31.9 Å². The maximum Gasteiger partial charge on any atom is 0.247 e. The molecule has 3 N–H and O–H groups in total. The molecule has 1 aliphatic carbocycles. The Bertz CT molecular complexity index is 656. The average molecular weight is 314 g/mol. The number of benzene rings is 1. The molecule has 0 spiro atoms. The number of nitrogens with two attached hydrogens (primary N) is 1. The van der Waals surface area contributed by atoms with Crippen molar-refractivity contribution < 1.29 is 9.21 Å². The Kier molecular flexibility index (Phi) is 4.71. The third-order valence-electron chi connectivity index (χ3n) is 4.43. The highest BCUT2D eigenvalue weighted by atomic mass is 16.4. The summed E-state index contributed by atoms with van der Waals surface area (Å²) in [7, 11) is 0. The highest BCUT2D eigenvalue weighted by Gasteiger charge is 2.31. The molecule has 1 heterocycles. The zero-order valence-electron chi connectivity index (χ0n) is 13.2. The summed E-state index contributed by atoms with van der Waals surface area (Å²) in [6.07, 6.45) is 3.95. The van der Waals surface area contributed by atoms with E-state index in [2.05, 4.69) is 15.5 Å². The molecule has 0 aliphatic heterocycles. The van der Waals surface area contributed by atoms with Crippen LogP contribution < -0.4 is 11.1 Å². The summed E-state index contributed by atoms with van der Waals surface area (Å²) in [5.74, 6) is 0.676. The van der Waals surface area contributed by atoms with Gasteiger partial charge in [-0.25, -0.2) is 0 Å². The van der Waals surface area contributed by atoms with Crippen molar-refractivity contribution in [1.29, 1.82) is 0 Å². The van der Waals surface area contributed by atoms with Crippen molar-refractivity contribution in [3.8, 4) is 11.5 Å². The molecular formula is C17H22N4O2. The second kappa shape index (κ2) is 6.91. The van der Waals surface area contributed by atoms with E-state index in [9.17, 15) is 4.79 Å². The van der Waals surface area contributed by atoms with Crippen molar-refractivity contribution >= 4 is 5.91 Å². The fraction of sp³-hybridized carbons (Fsp3) is 0.471. The molecule has 0 unspecified atom stereocenters. The lowest BCUT2D eigenvalue weighted by molar-refractivity contribution is -0.123. The number of hydrogen-bond acceptors (Lipinski definition) is 5. The van der Waals surface area contributed by atoms with Crippen LogP contribution in [-0.2, 0) is 4.79 Å². The molecular weight excluding hydrogens is 292 g/mol. The lowest BCUT2D eigenvalue weighted by Gasteiger charge is -2.31. The molecule has 0 bridgehead atoms. The maximum absolute atomic E-state index is 11.6. The molecule has 2 aromatic rings. The summed E-state index contributed by atoms with van der Waals surface area (Å²) >= 11 is 0. The number of nitrogens with one attached hydrogen (secondary N) is 1. The van der Waals surface area contributed by atoms with Crippen LogP contribution in [0.5, 0.6) is 0 Å². The van der Waals surface area contributed by atoms with Gasteiger partial charge in [0.25, 0.3) is 0 Å². The van der Waals surface area contributed by atoms with Crippen LogP contribution in [0.2, 0.25) is 0 Å². The molecule has 6 heteroatoms. The van der Waals surface area contributed by atoms with E-state index in [-0.39, 0.29) is 23.9 Å². The van der Waals surface area contributed by atoms with Gasteiger partial charge in [-0.1, -0.05) is 31.0 Å². The number of aromatic nitrogens is 2. The molecule has 0 saturated heterocycles. The van der Waals surface area contributed by atoms with E-state index in [1.807, 2.05) is 37.3 Å². The van der Waals surface area contributed by atoms with Crippen LogP contribution in [0.4, 0.5) is 0 Å². The number of carbonyl (C=O) groups excluding carboxylic acids is 1. The SMILES string of the molecule is C[C@H](N[C@@H]1CCCC[C@@H]1C(N)=O)c1nnc(-c2ccccc2)o1. The Morgan fingerprint density at radius 3 is 2.74 bits per heavy atom. The topological polar surface area (TPSA) is 94.0 Å². The van der Waals surface area contributed by atoms with E-state index in [4.69, 9.17) is 10.2 Å². The lowest BCUT2D eigenvalue weighted by atomic mass is 9.83. The Morgan fingerprint density at radius 1 is 1.26 bits per heavy atom. The Morgan fingerprint density at radius 2 is 2.00 bits per heavy atom. The minimum atomic E-state index is -0.232. The van der Waals surface area contributed by atoms with Crippen molar-refractivity contribution in [2.45, 2.75) is 44.7 Å². The molecule has 0 radical (unpaired) electrons. The van der Waals surface area contributed by atoms with Gasteiger partial charge >= 0.3 is 0 Å². The second-order valence-electron chi connectivity index (χ2n) is 6.10. The Labute approximate surface area is 135 Å². The van der Waals surface area contributed by atoms with Crippen molar-refractivity contribution in [1.82, 2.24) is 15.5 Å². The molecule has 1 saturated carbocycles. The molecule has 6 nitrogen and oxygen atoms in total. The summed E-state index contributed by atoms with van der Waals surface area (Å²) in [6.45, 7) is 1.97. The highest BCUT2D eigenvalue weighted by molar-refractivity contribution is 5.77. The van der Waals surface area contributed by atoms with Gasteiger partial charge in [0, 0.05) is 11.6 Å². The third kappa shape index (κ3) is 3.59. The molecule has 1 aromatic carbocycles. The van der Waals surface area contributed by atoms with Gasteiger partial charge in [0.05, 0.1) is 12.0 Å². The molecule has 1 aliphatic rings. The number of primary amides is 1. The third-order valence-corrected chi connectivity index (χ3v) is 4.43. The first-order valence-corrected chi connectivity index (χ1v) is 8.09. The van der Waals surface area contributed by atoms with E-state index >= 15 is 0 Å². The zero-order chi connectivity index (χ0) is 16.2. The summed E-state index contributed by atoms with van der Waals surface area (Å²) < 4.78 is 5.77. The van der Waals surface area contributed by atoms with E-state index in [1.54, 1.807) is 0 Å². The minimum absolute atomic E-state index is 0.0725. The van der Waals surface area contributed by atoms with Crippen molar-refractivity contribution in [3.63, 3.8) is 0 Å². The van der Waals surface area contributed by atoms with E-state index in [1.165, 1.54) is 0 Å². The van der Waals surface area contributed by atoms with Gasteiger partial charge in [-0.15, -0.1) is 10.2 Å². The maximum atomic E-state index is 11.6. The smallest absolute Gasteiger partial charge is 0.247 e. The van der Waals surface area contributed by atoms with Gasteiger partial charge < -0.3 is 15.5 Å². The van der Waals surface area contributed by atoms with Gasteiger partial charge in [0.1, 0.15) is 0 Å². The first-order chi connectivity index (χ1) is 11.1. The summed E-state index contributed by atoms with van der Waals surface area (Å²) in [5, 5.41) is 11.7. The average Bonchev–Trinajstić information content (AvgIpc) is 3.06. The lowest BCUT2D eigenvalue weighted by Crippen LogP contribution is -2.45. The molecule has 3 rings (SSSR count). The number of carbonyl (C=O) groups is 1. The second-order valence-corrected chi connectivity index (χ2v) is 6.10. The Balaban J connectivity index is 1.70.